The number of epoxide rings is 1. The molecule has 1 N–H and O–H groups in total. The minimum Gasteiger partial charge on any atom is -0.364 e. The van der Waals surface area contributed by atoms with Gasteiger partial charge in [-0.15, -0.1) is 0 Å². The van der Waals surface area contributed by atoms with Gasteiger partial charge in [-0.1, -0.05) is 6.58 Å². The SMILES string of the molecule is C=CC(=O)C1CO1.N=C=O. The molecule has 1 rings (SSSR count). The van der Waals surface area contributed by atoms with Gasteiger partial charge in [-0.2, -0.15) is 0 Å². The van der Waals surface area contributed by atoms with Gasteiger partial charge in [0.05, 0.1) is 6.61 Å². The molecule has 0 aromatic heterocycles. The van der Waals surface area contributed by atoms with Crippen LogP contribution in [0.2, 0.25) is 0 Å². The average molecular weight is 141 g/mol. The zero-order valence-corrected chi connectivity index (χ0v) is 5.29. The summed E-state index contributed by atoms with van der Waals surface area (Å²) in [5.74, 6) is 0.000000000000000222. The summed E-state index contributed by atoms with van der Waals surface area (Å²) in [6.45, 7) is 3.88. The van der Waals surface area contributed by atoms with Gasteiger partial charge in [-0.25, -0.2) is 10.2 Å². The first-order chi connectivity index (χ1) is 4.76. The molecular formula is C6H7NO3. The van der Waals surface area contributed by atoms with Crippen molar-refractivity contribution < 1.29 is 14.3 Å². The number of carbonyl (C=O) groups is 1. The van der Waals surface area contributed by atoms with E-state index in [-0.39, 0.29) is 11.9 Å². The average Bonchev–Trinajstić information content (AvgIpc) is 2.69. The molecule has 1 fully saturated rings. The first kappa shape index (κ1) is 8.75. The van der Waals surface area contributed by atoms with Crippen LogP contribution in [-0.2, 0) is 14.3 Å². The van der Waals surface area contributed by atoms with Crippen LogP contribution < -0.4 is 0 Å². The number of isocyanates is 1. The largest absolute Gasteiger partial charge is 0.364 e. The van der Waals surface area contributed by atoms with E-state index in [1.54, 1.807) is 0 Å². The van der Waals surface area contributed by atoms with Crippen LogP contribution in [-0.4, -0.2) is 24.6 Å². The van der Waals surface area contributed by atoms with Gasteiger partial charge < -0.3 is 4.74 Å². The molecule has 1 atom stereocenters. The number of hydrogen-bond acceptors (Lipinski definition) is 4. The molecule has 1 unspecified atom stereocenters. The molecule has 1 aliphatic heterocycles. The third-order valence-corrected chi connectivity index (χ3v) is 0.852. The van der Waals surface area contributed by atoms with Crippen molar-refractivity contribution in [2.45, 2.75) is 6.10 Å². The van der Waals surface area contributed by atoms with Gasteiger partial charge in [-0.05, 0) is 6.08 Å². The molecule has 0 aliphatic carbocycles. The van der Waals surface area contributed by atoms with Crippen molar-refractivity contribution in [3.05, 3.63) is 12.7 Å². The number of ether oxygens (including phenoxy) is 1. The molecule has 0 saturated carbocycles. The lowest BCUT2D eigenvalue weighted by Crippen LogP contribution is -1.99. The summed E-state index contributed by atoms with van der Waals surface area (Å²) >= 11 is 0. The van der Waals surface area contributed by atoms with E-state index in [0.717, 1.165) is 6.08 Å². The molecule has 1 saturated heterocycles. The van der Waals surface area contributed by atoms with Gasteiger partial charge in [-0.3, -0.25) is 4.79 Å². The van der Waals surface area contributed by atoms with Gasteiger partial charge >= 0.3 is 0 Å². The number of nitrogens with one attached hydrogen (secondary N) is 1. The van der Waals surface area contributed by atoms with Crippen molar-refractivity contribution in [2.24, 2.45) is 0 Å². The van der Waals surface area contributed by atoms with Crippen molar-refractivity contribution >= 4 is 11.9 Å². The van der Waals surface area contributed by atoms with E-state index in [1.807, 2.05) is 0 Å². The highest BCUT2D eigenvalue weighted by atomic mass is 16.6. The van der Waals surface area contributed by atoms with Crippen molar-refractivity contribution in [3.63, 3.8) is 0 Å². The smallest absolute Gasteiger partial charge is 0.231 e. The minimum atomic E-state index is -0.141. The summed E-state index contributed by atoms with van der Waals surface area (Å²) in [6, 6.07) is 0. The second-order valence-corrected chi connectivity index (χ2v) is 1.53. The van der Waals surface area contributed by atoms with Gasteiger partial charge in [0.25, 0.3) is 0 Å². The Morgan fingerprint density at radius 1 is 1.90 bits per heavy atom. The van der Waals surface area contributed by atoms with Gasteiger partial charge in [0.15, 0.2) is 5.78 Å². The Balaban J connectivity index is 0.000000236. The van der Waals surface area contributed by atoms with E-state index < -0.39 is 0 Å². The molecule has 54 valence electrons. The lowest BCUT2D eigenvalue weighted by molar-refractivity contribution is -0.115. The van der Waals surface area contributed by atoms with E-state index in [4.69, 9.17) is 10.2 Å². The maximum atomic E-state index is 10.3. The molecule has 4 nitrogen and oxygen atoms in total. The zero-order chi connectivity index (χ0) is 7.98. The summed E-state index contributed by atoms with van der Waals surface area (Å²) in [4.78, 5) is 18.7. The maximum absolute atomic E-state index is 10.3. The fourth-order valence-corrected chi connectivity index (χ4v) is 0.344. The third kappa shape index (κ3) is 3.72. The molecule has 0 spiro atoms. The highest BCUT2D eigenvalue weighted by Crippen LogP contribution is 2.09. The summed E-state index contributed by atoms with van der Waals surface area (Å²) < 4.78 is 4.64. The van der Waals surface area contributed by atoms with Crippen LogP contribution in [0.1, 0.15) is 0 Å². The van der Waals surface area contributed by atoms with E-state index in [1.165, 1.54) is 6.08 Å². The first-order valence-corrected chi connectivity index (χ1v) is 2.58. The quantitative estimate of drug-likeness (QED) is 0.255. The number of rotatable bonds is 2. The first-order valence-electron chi connectivity index (χ1n) is 2.58. The minimum absolute atomic E-state index is 0.000000000000000222. The van der Waals surface area contributed by atoms with Crippen molar-refractivity contribution in [2.75, 3.05) is 6.61 Å². The molecule has 0 amide bonds. The number of carbonyl (C=O) groups excluding carboxylic acids is 2. The molecule has 0 bridgehead atoms. The molecule has 4 heteroatoms. The number of hydrogen-bond donors (Lipinski definition) is 1. The monoisotopic (exact) mass is 141 g/mol. The van der Waals surface area contributed by atoms with Crippen molar-refractivity contribution in [1.29, 1.82) is 5.41 Å². The van der Waals surface area contributed by atoms with Gasteiger partial charge in [0, 0.05) is 0 Å². The standard InChI is InChI=1S/C5H6O2.CHNO/c1-2-4(6)5-3-7-5;2-1-3/h2,5H,1,3H2;2H. The van der Waals surface area contributed by atoms with Crippen LogP contribution in [0.15, 0.2) is 12.7 Å². The molecule has 0 radical (unpaired) electrons. The fourth-order valence-electron chi connectivity index (χ4n) is 0.344. The molecule has 1 heterocycles. The zero-order valence-electron chi connectivity index (χ0n) is 5.29. The fraction of sp³-hybridized carbons (Fsp3) is 0.333. The van der Waals surface area contributed by atoms with Crippen molar-refractivity contribution in [1.82, 2.24) is 0 Å². The highest BCUT2D eigenvalue weighted by Gasteiger charge is 2.28. The summed E-state index contributed by atoms with van der Waals surface area (Å²) in [6.07, 6.45) is 1.90. The Labute approximate surface area is 58.0 Å². The van der Waals surface area contributed by atoms with Crippen LogP contribution in [0.5, 0.6) is 0 Å². The van der Waals surface area contributed by atoms with E-state index in [0.29, 0.717) is 6.61 Å². The van der Waals surface area contributed by atoms with Crippen LogP contribution in [0.25, 0.3) is 0 Å². The van der Waals surface area contributed by atoms with Gasteiger partial charge in [0.2, 0.25) is 6.08 Å². The van der Waals surface area contributed by atoms with E-state index in [9.17, 15) is 4.79 Å². The van der Waals surface area contributed by atoms with E-state index in [2.05, 4.69) is 11.3 Å². The Kier molecular flexibility index (Phi) is 4.04. The maximum Gasteiger partial charge on any atom is 0.231 e. The summed E-state index contributed by atoms with van der Waals surface area (Å²) in [7, 11) is 0. The number of ketones is 1. The molecule has 10 heavy (non-hydrogen) atoms. The topological polar surface area (TPSA) is 70.5 Å². The molecule has 0 aromatic carbocycles. The van der Waals surface area contributed by atoms with Crippen LogP contribution in [0.4, 0.5) is 0 Å². The Bertz CT molecular complexity index is 166. The predicted octanol–water partition coefficient (Wildman–Crippen LogP) is 0.0413. The Morgan fingerprint density at radius 3 is 2.40 bits per heavy atom. The second-order valence-electron chi connectivity index (χ2n) is 1.53. The Hall–Kier alpha value is -1.25. The third-order valence-electron chi connectivity index (χ3n) is 0.852. The van der Waals surface area contributed by atoms with Crippen LogP contribution >= 0.6 is 0 Å². The molecule has 0 aromatic rings. The van der Waals surface area contributed by atoms with Crippen molar-refractivity contribution in [3.8, 4) is 0 Å². The lowest BCUT2D eigenvalue weighted by Gasteiger charge is -1.75. The normalized spacial score (nSPS) is 19.4. The Morgan fingerprint density at radius 2 is 2.30 bits per heavy atom. The van der Waals surface area contributed by atoms with E-state index >= 15 is 0 Å². The van der Waals surface area contributed by atoms with Gasteiger partial charge in [0.1, 0.15) is 6.10 Å². The highest BCUT2D eigenvalue weighted by molar-refractivity contribution is 5.94. The molecule has 1 aliphatic rings. The van der Waals surface area contributed by atoms with Crippen LogP contribution in [0.3, 0.4) is 0 Å². The lowest BCUT2D eigenvalue weighted by atomic mass is 10.3. The summed E-state index contributed by atoms with van der Waals surface area (Å²) in [5, 5.41) is 5.40. The molecular weight excluding hydrogens is 134 g/mol. The second kappa shape index (κ2) is 4.61. The summed E-state index contributed by atoms with van der Waals surface area (Å²) in [5.41, 5.74) is 0. The van der Waals surface area contributed by atoms with Crippen LogP contribution in [0, 0.1) is 5.41 Å². The predicted molar refractivity (Wildman–Crippen MR) is 33.4 cm³/mol.